The minimum Gasteiger partial charge on any atom is -0.357 e. The molecule has 0 saturated carbocycles. The van der Waals surface area contributed by atoms with Gasteiger partial charge in [-0.25, -0.2) is 4.99 Å². The van der Waals surface area contributed by atoms with Crippen LogP contribution in [0.1, 0.15) is 13.8 Å². The van der Waals surface area contributed by atoms with Gasteiger partial charge in [0.05, 0.1) is 6.54 Å². The Labute approximate surface area is 151 Å². The predicted molar refractivity (Wildman–Crippen MR) is 95.0 cm³/mol. The SMILES string of the molecule is C=C(Cl)CN=C(NCC)N1CCN(C(C)C(F)(F)F)CC1.I. The second kappa shape index (κ2) is 9.82. The summed E-state index contributed by atoms with van der Waals surface area (Å²) in [5, 5.41) is 3.54. The van der Waals surface area contributed by atoms with Crippen LogP contribution in [0.4, 0.5) is 13.2 Å². The Bertz CT molecular complexity index is 382. The maximum atomic E-state index is 12.7. The van der Waals surface area contributed by atoms with Gasteiger partial charge in [0.1, 0.15) is 6.04 Å². The molecule has 0 spiro atoms. The largest absolute Gasteiger partial charge is 0.403 e. The number of piperazine rings is 1. The summed E-state index contributed by atoms with van der Waals surface area (Å²) in [5.41, 5.74) is 0. The van der Waals surface area contributed by atoms with E-state index in [-0.39, 0.29) is 24.0 Å². The van der Waals surface area contributed by atoms with E-state index in [1.54, 1.807) is 0 Å². The summed E-state index contributed by atoms with van der Waals surface area (Å²) in [4.78, 5) is 7.71. The summed E-state index contributed by atoms with van der Waals surface area (Å²) < 4.78 is 38.1. The number of guanidine groups is 1. The zero-order chi connectivity index (χ0) is 16.0. The van der Waals surface area contributed by atoms with E-state index < -0.39 is 12.2 Å². The summed E-state index contributed by atoms with van der Waals surface area (Å²) in [6.45, 7) is 9.40. The number of rotatable bonds is 4. The van der Waals surface area contributed by atoms with Gasteiger partial charge in [0.15, 0.2) is 5.96 Å². The standard InChI is InChI=1S/C13H22ClF3N4.HI/c1-4-18-12(19-9-10(2)14)21-7-5-20(6-8-21)11(3)13(15,16)17;/h11H,2,4-9H2,1,3H3,(H,18,19);1H. The predicted octanol–water partition coefficient (Wildman–Crippen LogP) is 2.89. The van der Waals surface area contributed by atoms with Crippen LogP contribution in [0.2, 0.25) is 0 Å². The van der Waals surface area contributed by atoms with Crippen molar-refractivity contribution in [3.63, 3.8) is 0 Å². The average molecular weight is 455 g/mol. The quantitative estimate of drug-likeness (QED) is 0.403. The van der Waals surface area contributed by atoms with Crippen LogP contribution in [0.5, 0.6) is 0 Å². The van der Waals surface area contributed by atoms with Gasteiger partial charge < -0.3 is 10.2 Å². The number of aliphatic imine (C=N–C) groups is 1. The molecule has 1 fully saturated rings. The number of hydrogen-bond acceptors (Lipinski definition) is 2. The molecule has 1 aliphatic heterocycles. The number of nitrogens with one attached hydrogen (secondary N) is 1. The van der Waals surface area contributed by atoms with Crippen LogP contribution in [0.3, 0.4) is 0 Å². The fourth-order valence-corrected chi connectivity index (χ4v) is 2.17. The first-order valence-electron chi connectivity index (χ1n) is 6.93. The van der Waals surface area contributed by atoms with Gasteiger partial charge in [0.2, 0.25) is 0 Å². The molecule has 1 heterocycles. The molecule has 0 aromatic rings. The van der Waals surface area contributed by atoms with Crippen molar-refractivity contribution >= 4 is 41.5 Å². The molecule has 22 heavy (non-hydrogen) atoms. The van der Waals surface area contributed by atoms with Gasteiger partial charge in [0, 0.05) is 37.8 Å². The van der Waals surface area contributed by atoms with Crippen molar-refractivity contribution in [1.29, 1.82) is 0 Å². The highest BCUT2D eigenvalue weighted by Crippen LogP contribution is 2.25. The molecule has 0 aliphatic carbocycles. The smallest absolute Gasteiger partial charge is 0.357 e. The summed E-state index contributed by atoms with van der Waals surface area (Å²) in [7, 11) is 0. The molecular weight excluding hydrogens is 432 g/mol. The zero-order valence-corrected chi connectivity index (χ0v) is 15.9. The summed E-state index contributed by atoms with van der Waals surface area (Å²) >= 11 is 5.69. The third-order valence-corrected chi connectivity index (χ3v) is 3.49. The lowest BCUT2D eigenvalue weighted by Crippen LogP contribution is -2.56. The molecule has 1 unspecified atom stereocenters. The maximum absolute atomic E-state index is 12.7. The second-order valence-electron chi connectivity index (χ2n) is 4.93. The summed E-state index contributed by atoms with van der Waals surface area (Å²) in [6.07, 6.45) is -4.18. The van der Waals surface area contributed by atoms with E-state index in [1.165, 1.54) is 11.8 Å². The first kappa shape index (κ1) is 21.8. The minimum absolute atomic E-state index is 0. The molecule has 0 aromatic heterocycles. The molecule has 4 nitrogen and oxygen atoms in total. The number of hydrogen-bond donors (Lipinski definition) is 1. The van der Waals surface area contributed by atoms with E-state index in [1.807, 2.05) is 11.8 Å². The van der Waals surface area contributed by atoms with E-state index >= 15 is 0 Å². The molecule has 0 aromatic carbocycles. The zero-order valence-electron chi connectivity index (χ0n) is 12.8. The third kappa shape index (κ3) is 6.91. The second-order valence-corrected chi connectivity index (χ2v) is 5.46. The Morgan fingerprint density at radius 2 is 1.86 bits per heavy atom. The van der Waals surface area contributed by atoms with Crippen molar-refractivity contribution in [3.8, 4) is 0 Å². The molecule has 0 amide bonds. The van der Waals surface area contributed by atoms with Crippen LogP contribution >= 0.6 is 35.6 Å². The van der Waals surface area contributed by atoms with Crippen molar-refractivity contribution in [1.82, 2.24) is 15.1 Å². The molecule has 0 bridgehead atoms. The van der Waals surface area contributed by atoms with Gasteiger partial charge in [-0.2, -0.15) is 13.2 Å². The molecule has 0 radical (unpaired) electrons. The molecule has 1 aliphatic rings. The third-order valence-electron chi connectivity index (χ3n) is 3.37. The topological polar surface area (TPSA) is 30.9 Å². The van der Waals surface area contributed by atoms with Crippen LogP contribution in [0, 0.1) is 0 Å². The average Bonchev–Trinajstić information content (AvgIpc) is 2.41. The first-order chi connectivity index (χ1) is 9.75. The highest BCUT2D eigenvalue weighted by atomic mass is 127. The summed E-state index contributed by atoms with van der Waals surface area (Å²) in [6, 6.07) is -1.42. The van der Waals surface area contributed by atoms with Gasteiger partial charge in [-0.3, -0.25) is 4.90 Å². The van der Waals surface area contributed by atoms with Crippen LogP contribution in [-0.2, 0) is 0 Å². The van der Waals surface area contributed by atoms with Gasteiger partial charge in [-0.15, -0.1) is 24.0 Å². The molecular formula is C13H23ClF3IN4. The lowest BCUT2D eigenvalue weighted by Gasteiger charge is -2.39. The monoisotopic (exact) mass is 454 g/mol. The molecule has 9 heteroatoms. The number of nitrogens with zero attached hydrogens (tertiary/aromatic N) is 3. The van der Waals surface area contributed by atoms with Crippen molar-refractivity contribution in [2.24, 2.45) is 4.99 Å². The lowest BCUT2D eigenvalue weighted by atomic mass is 10.2. The van der Waals surface area contributed by atoms with E-state index in [0.717, 1.165) is 0 Å². The van der Waals surface area contributed by atoms with Gasteiger partial charge in [-0.05, 0) is 13.8 Å². The van der Waals surface area contributed by atoms with E-state index in [4.69, 9.17) is 11.6 Å². The molecule has 1 saturated heterocycles. The Balaban J connectivity index is 0.00000441. The van der Waals surface area contributed by atoms with E-state index in [2.05, 4.69) is 16.9 Å². The van der Waals surface area contributed by atoms with E-state index in [0.29, 0.717) is 50.3 Å². The van der Waals surface area contributed by atoms with Gasteiger partial charge >= 0.3 is 6.18 Å². The Morgan fingerprint density at radius 1 is 1.32 bits per heavy atom. The Morgan fingerprint density at radius 3 is 2.27 bits per heavy atom. The Kier molecular flexibility index (Phi) is 9.72. The first-order valence-corrected chi connectivity index (χ1v) is 7.30. The lowest BCUT2D eigenvalue weighted by molar-refractivity contribution is -0.181. The van der Waals surface area contributed by atoms with Crippen molar-refractivity contribution in [2.75, 3.05) is 39.3 Å². The van der Waals surface area contributed by atoms with Crippen LogP contribution < -0.4 is 5.32 Å². The van der Waals surface area contributed by atoms with Crippen molar-refractivity contribution in [3.05, 3.63) is 11.6 Å². The molecule has 1 atom stereocenters. The number of alkyl halides is 3. The summed E-state index contributed by atoms with van der Waals surface area (Å²) in [5.74, 6) is 0.665. The fraction of sp³-hybridized carbons (Fsp3) is 0.769. The van der Waals surface area contributed by atoms with Crippen LogP contribution in [0.15, 0.2) is 16.6 Å². The normalized spacial score (nSPS) is 18.6. The molecule has 1 rings (SSSR count). The van der Waals surface area contributed by atoms with Gasteiger partial charge in [0.25, 0.3) is 0 Å². The van der Waals surface area contributed by atoms with Gasteiger partial charge in [-0.1, -0.05) is 18.2 Å². The van der Waals surface area contributed by atoms with Crippen molar-refractivity contribution in [2.45, 2.75) is 26.1 Å². The minimum atomic E-state index is -4.18. The van der Waals surface area contributed by atoms with Crippen molar-refractivity contribution < 1.29 is 13.2 Å². The molecule has 1 N–H and O–H groups in total. The molecule has 130 valence electrons. The highest BCUT2D eigenvalue weighted by Gasteiger charge is 2.41. The Hall–Kier alpha value is -0.220. The highest BCUT2D eigenvalue weighted by molar-refractivity contribution is 14.0. The van der Waals surface area contributed by atoms with Crippen LogP contribution in [-0.4, -0.2) is 67.2 Å². The van der Waals surface area contributed by atoms with Crippen LogP contribution in [0.25, 0.3) is 0 Å². The maximum Gasteiger partial charge on any atom is 0.403 e. The number of halogens is 5. The fourth-order valence-electron chi connectivity index (χ4n) is 2.11. The van der Waals surface area contributed by atoms with E-state index in [9.17, 15) is 13.2 Å².